The Morgan fingerprint density at radius 3 is 2.69 bits per heavy atom. The first-order valence-electron chi connectivity index (χ1n) is 12.1. The summed E-state index contributed by atoms with van der Waals surface area (Å²) in [6.45, 7) is 4.77. The molecule has 176 valence electrons. The van der Waals surface area contributed by atoms with Crippen LogP contribution in [-0.2, 0) is 38.1 Å². The zero-order valence-corrected chi connectivity index (χ0v) is 18.4. The van der Waals surface area contributed by atoms with E-state index in [1.165, 1.54) is 0 Å². The molecule has 4 saturated heterocycles. The van der Waals surface area contributed by atoms with E-state index in [9.17, 15) is 14.4 Å². The van der Waals surface area contributed by atoms with Crippen LogP contribution in [0.4, 0.5) is 0 Å². The van der Waals surface area contributed by atoms with Gasteiger partial charge in [-0.25, -0.2) is 0 Å². The molecule has 6 fully saturated rings. The van der Waals surface area contributed by atoms with Crippen LogP contribution in [0, 0.1) is 23.7 Å². The van der Waals surface area contributed by atoms with Crippen LogP contribution in [-0.4, -0.2) is 85.7 Å². The number of hydrogen-bond donors (Lipinski definition) is 0. The van der Waals surface area contributed by atoms with Crippen LogP contribution < -0.4 is 0 Å². The van der Waals surface area contributed by atoms with Crippen molar-refractivity contribution in [2.75, 3.05) is 32.8 Å². The molecule has 6 aliphatic rings. The molecular formula is C23H31NO8. The normalized spacial score (nSPS) is 46.5. The highest BCUT2D eigenvalue weighted by atomic mass is 16.6. The van der Waals surface area contributed by atoms with Crippen LogP contribution in [0.5, 0.6) is 0 Å². The number of fused-ring (bicyclic) bond motifs is 3. The van der Waals surface area contributed by atoms with Gasteiger partial charge in [0.15, 0.2) is 0 Å². The number of carbonyl (C=O) groups is 3. The fourth-order valence-electron chi connectivity index (χ4n) is 7.18. The summed E-state index contributed by atoms with van der Waals surface area (Å²) in [7, 11) is 0. The third-order valence-electron chi connectivity index (χ3n) is 8.71. The molecule has 9 atom stereocenters. The molecule has 0 amide bonds. The van der Waals surface area contributed by atoms with Crippen LogP contribution in [0.15, 0.2) is 0 Å². The van der Waals surface area contributed by atoms with Crippen molar-refractivity contribution in [1.82, 2.24) is 4.90 Å². The van der Waals surface area contributed by atoms with Gasteiger partial charge in [0, 0.05) is 31.3 Å². The quantitative estimate of drug-likeness (QED) is 0.428. The van der Waals surface area contributed by atoms with E-state index >= 15 is 0 Å². The van der Waals surface area contributed by atoms with E-state index in [0.29, 0.717) is 39.1 Å². The Kier molecular flexibility index (Phi) is 5.00. The molecule has 0 N–H and O–H groups in total. The molecule has 0 spiro atoms. The molecule has 0 aromatic carbocycles. The zero-order valence-electron chi connectivity index (χ0n) is 18.4. The zero-order chi connectivity index (χ0) is 22.0. The minimum atomic E-state index is -0.616. The highest BCUT2D eigenvalue weighted by molar-refractivity contribution is 5.86. The van der Waals surface area contributed by atoms with Crippen molar-refractivity contribution in [3.8, 4) is 0 Å². The van der Waals surface area contributed by atoms with E-state index in [0.717, 1.165) is 19.3 Å². The van der Waals surface area contributed by atoms with Crippen molar-refractivity contribution in [1.29, 1.82) is 0 Å². The Morgan fingerprint density at radius 2 is 2.00 bits per heavy atom. The molecule has 9 unspecified atom stereocenters. The highest BCUT2D eigenvalue weighted by Crippen LogP contribution is 2.59. The third kappa shape index (κ3) is 3.11. The Morgan fingerprint density at radius 1 is 1.19 bits per heavy atom. The maximum absolute atomic E-state index is 13.5. The minimum absolute atomic E-state index is 0.0644. The summed E-state index contributed by atoms with van der Waals surface area (Å²) in [5.74, 6) is -2.48. The largest absolute Gasteiger partial charge is 0.458 e. The molecule has 0 aromatic heterocycles. The Hall–Kier alpha value is -1.71. The van der Waals surface area contributed by atoms with Crippen molar-refractivity contribution in [2.24, 2.45) is 23.7 Å². The van der Waals surface area contributed by atoms with Crippen LogP contribution in [0.2, 0.25) is 0 Å². The van der Waals surface area contributed by atoms with E-state index in [1.54, 1.807) is 0 Å². The summed E-state index contributed by atoms with van der Waals surface area (Å²) < 4.78 is 28.9. The van der Waals surface area contributed by atoms with E-state index in [4.69, 9.17) is 23.7 Å². The van der Waals surface area contributed by atoms with Gasteiger partial charge < -0.3 is 23.7 Å². The van der Waals surface area contributed by atoms with Gasteiger partial charge in [-0.05, 0) is 25.7 Å². The molecule has 4 bridgehead atoms. The van der Waals surface area contributed by atoms with E-state index in [2.05, 4.69) is 0 Å². The summed E-state index contributed by atoms with van der Waals surface area (Å²) in [4.78, 5) is 40.8. The van der Waals surface area contributed by atoms with Gasteiger partial charge in [0.1, 0.15) is 17.8 Å². The first-order valence-corrected chi connectivity index (χ1v) is 12.1. The first kappa shape index (κ1) is 20.9. The molecular weight excluding hydrogens is 418 g/mol. The second-order valence-corrected chi connectivity index (χ2v) is 10.2. The van der Waals surface area contributed by atoms with Gasteiger partial charge in [-0.15, -0.1) is 0 Å². The molecule has 4 aliphatic heterocycles. The van der Waals surface area contributed by atoms with Gasteiger partial charge in [0.2, 0.25) is 0 Å². The topological polar surface area (TPSA) is 101 Å². The van der Waals surface area contributed by atoms with Gasteiger partial charge >= 0.3 is 17.9 Å². The average Bonchev–Trinajstić information content (AvgIpc) is 3.56. The summed E-state index contributed by atoms with van der Waals surface area (Å²) in [6, 6.07) is 0. The molecule has 32 heavy (non-hydrogen) atoms. The van der Waals surface area contributed by atoms with Gasteiger partial charge in [-0.2, -0.15) is 0 Å². The monoisotopic (exact) mass is 449 g/mol. The second kappa shape index (κ2) is 7.67. The van der Waals surface area contributed by atoms with E-state index < -0.39 is 29.6 Å². The number of morpholine rings is 1. The molecule has 6 rings (SSSR count). The smallest absolute Gasteiger partial charge is 0.320 e. The average molecular weight is 450 g/mol. The predicted octanol–water partition coefficient (Wildman–Crippen LogP) is 0.681. The fourth-order valence-corrected chi connectivity index (χ4v) is 7.18. The fraction of sp³-hybridized carbons (Fsp3) is 0.870. The molecule has 4 heterocycles. The Labute approximate surface area is 187 Å². The molecule has 0 aromatic rings. The van der Waals surface area contributed by atoms with Gasteiger partial charge in [0.25, 0.3) is 0 Å². The van der Waals surface area contributed by atoms with Crippen molar-refractivity contribution in [2.45, 2.75) is 69.0 Å². The SMILES string of the molecule is CCC1(OC(=O)C2C3CC4C(OC(=O)C42)C3OC(=O)CN2CCOCC2)CC2CCC1O2. The Bertz CT molecular complexity index is 812. The first-order chi connectivity index (χ1) is 15.5. The van der Waals surface area contributed by atoms with Crippen molar-refractivity contribution in [3.05, 3.63) is 0 Å². The van der Waals surface area contributed by atoms with Crippen LogP contribution in [0.25, 0.3) is 0 Å². The van der Waals surface area contributed by atoms with E-state index in [-0.39, 0.29) is 48.5 Å². The van der Waals surface area contributed by atoms with E-state index in [1.807, 2.05) is 11.8 Å². The summed E-state index contributed by atoms with van der Waals surface area (Å²) >= 11 is 0. The predicted molar refractivity (Wildman–Crippen MR) is 107 cm³/mol. The minimum Gasteiger partial charge on any atom is -0.458 e. The molecule has 2 saturated carbocycles. The molecule has 9 heteroatoms. The maximum Gasteiger partial charge on any atom is 0.320 e. The van der Waals surface area contributed by atoms with Gasteiger partial charge in [-0.1, -0.05) is 6.92 Å². The summed E-state index contributed by atoms with van der Waals surface area (Å²) in [5, 5.41) is 0. The summed E-state index contributed by atoms with van der Waals surface area (Å²) in [5.41, 5.74) is -0.605. The highest BCUT2D eigenvalue weighted by Gasteiger charge is 2.71. The number of rotatable bonds is 6. The standard InChI is InChI=1S/C23H31NO8/c1-2-23(10-12-3-4-15(23)29-12)32-22(27)18-14-9-13-17(18)21(26)31-20(13)19(14)30-16(25)11-24-5-7-28-8-6-24/h12-15,17-20H,2-11H2,1H3. The van der Waals surface area contributed by atoms with Crippen molar-refractivity contribution in [3.63, 3.8) is 0 Å². The van der Waals surface area contributed by atoms with Gasteiger partial charge in [-0.3, -0.25) is 19.3 Å². The molecule has 0 radical (unpaired) electrons. The third-order valence-corrected chi connectivity index (χ3v) is 8.71. The lowest BCUT2D eigenvalue weighted by molar-refractivity contribution is -0.180. The van der Waals surface area contributed by atoms with Crippen LogP contribution >= 0.6 is 0 Å². The maximum atomic E-state index is 13.5. The van der Waals surface area contributed by atoms with Crippen molar-refractivity contribution < 1.29 is 38.1 Å². The molecule has 2 aliphatic carbocycles. The number of esters is 3. The number of nitrogens with zero attached hydrogens (tertiary/aromatic N) is 1. The van der Waals surface area contributed by atoms with Gasteiger partial charge in [0.05, 0.1) is 43.8 Å². The Balaban J connectivity index is 1.17. The summed E-state index contributed by atoms with van der Waals surface area (Å²) in [6.07, 6.45) is 3.04. The number of carbonyl (C=O) groups excluding carboxylic acids is 3. The van der Waals surface area contributed by atoms with Crippen LogP contribution in [0.3, 0.4) is 0 Å². The number of hydrogen-bond acceptors (Lipinski definition) is 9. The second-order valence-electron chi connectivity index (χ2n) is 10.2. The number of ether oxygens (including phenoxy) is 5. The van der Waals surface area contributed by atoms with Crippen LogP contribution in [0.1, 0.15) is 39.0 Å². The molecule has 9 nitrogen and oxygen atoms in total. The lowest BCUT2D eigenvalue weighted by atomic mass is 9.77. The lowest BCUT2D eigenvalue weighted by Crippen LogP contribution is -2.49. The lowest BCUT2D eigenvalue weighted by Gasteiger charge is -2.37. The van der Waals surface area contributed by atoms with Crippen molar-refractivity contribution >= 4 is 17.9 Å².